The number of benzene rings is 1. The highest BCUT2D eigenvalue weighted by Gasteiger charge is 2.22. The molecule has 0 aromatic heterocycles. The molecule has 1 atom stereocenters. The summed E-state index contributed by atoms with van der Waals surface area (Å²) < 4.78 is 25.8. The van der Waals surface area contributed by atoms with E-state index in [1.807, 2.05) is 0 Å². The third-order valence-electron chi connectivity index (χ3n) is 3.06. The van der Waals surface area contributed by atoms with Crippen LogP contribution in [0.5, 0.6) is 0 Å². The SMILES string of the molecule is O=C(Cc1ccc(F)c(F)c1)N1CCCC(Br)C1. The maximum atomic E-state index is 13.0. The van der Waals surface area contributed by atoms with Gasteiger partial charge < -0.3 is 4.90 Å². The number of halogens is 3. The van der Waals surface area contributed by atoms with Gasteiger partial charge in [0.2, 0.25) is 5.91 Å². The first-order chi connectivity index (χ1) is 8.56. The number of carbonyl (C=O) groups is 1. The number of likely N-dealkylation sites (tertiary alicyclic amines) is 1. The third kappa shape index (κ3) is 3.28. The van der Waals surface area contributed by atoms with Crippen molar-refractivity contribution in [3.8, 4) is 0 Å². The van der Waals surface area contributed by atoms with Crippen molar-refractivity contribution < 1.29 is 13.6 Å². The number of piperidine rings is 1. The Kier molecular flexibility index (Phi) is 4.32. The van der Waals surface area contributed by atoms with Gasteiger partial charge >= 0.3 is 0 Å². The van der Waals surface area contributed by atoms with Gasteiger partial charge in [-0.15, -0.1) is 0 Å². The van der Waals surface area contributed by atoms with Crippen LogP contribution in [0.25, 0.3) is 0 Å². The highest BCUT2D eigenvalue weighted by molar-refractivity contribution is 9.09. The van der Waals surface area contributed by atoms with Crippen LogP contribution in [0.3, 0.4) is 0 Å². The van der Waals surface area contributed by atoms with Gasteiger partial charge in [-0.25, -0.2) is 8.78 Å². The molecule has 1 heterocycles. The molecular formula is C13H14BrF2NO. The minimum atomic E-state index is -0.905. The Hall–Kier alpha value is -0.970. The van der Waals surface area contributed by atoms with E-state index in [4.69, 9.17) is 0 Å². The molecule has 0 spiro atoms. The van der Waals surface area contributed by atoms with Gasteiger partial charge in [0.05, 0.1) is 6.42 Å². The molecule has 2 nitrogen and oxygen atoms in total. The van der Waals surface area contributed by atoms with E-state index in [0.717, 1.165) is 31.5 Å². The highest BCUT2D eigenvalue weighted by Crippen LogP contribution is 2.18. The second kappa shape index (κ2) is 5.78. The van der Waals surface area contributed by atoms with E-state index in [1.165, 1.54) is 6.07 Å². The molecule has 1 fully saturated rings. The van der Waals surface area contributed by atoms with E-state index < -0.39 is 11.6 Å². The zero-order valence-corrected chi connectivity index (χ0v) is 11.4. The molecule has 1 amide bonds. The quantitative estimate of drug-likeness (QED) is 0.768. The fourth-order valence-corrected chi connectivity index (χ4v) is 2.76. The maximum absolute atomic E-state index is 13.0. The minimum absolute atomic E-state index is 0.0369. The Morgan fingerprint density at radius 3 is 2.83 bits per heavy atom. The van der Waals surface area contributed by atoms with E-state index in [1.54, 1.807) is 4.90 Å². The number of rotatable bonds is 2. The fourth-order valence-electron chi connectivity index (χ4n) is 2.09. The molecule has 1 unspecified atom stereocenters. The molecular weight excluding hydrogens is 304 g/mol. The van der Waals surface area contributed by atoms with Crippen LogP contribution in [0.4, 0.5) is 8.78 Å². The van der Waals surface area contributed by atoms with Crippen LogP contribution >= 0.6 is 15.9 Å². The molecule has 1 aromatic carbocycles. The van der Waals surface area contributed by atoms with Crippen LogP contribution in [-0.2, 0) is 11.2 Å². The first-order valence-electron chi connectivity index (χ1n) is 5.92. The highest BCUT2D eigenvalue weighted by atomic mass is 79.9. The van der Waals surface area contributed by atoms with E-state index in [2.05, 4.69) is 15.9 Å². The smallest absolute Gasteiger partial charge is 0.227 e. The number of hydrogen-bond donors (Lipinski definition) is 0. The molecule has 5 heteroatoms. The van der Waals surface area contributed by atoms with Crippen molar-refractivity contribution in [1.29, 1.82) is 0 Å². The molecule has 0 bridgehead atoms. The largest absolute Gasteiger partial charge is 0.341 e. The normalized spacial score (nSPS) is 19.9. The molecule has 1 aliphatic rings. The molecule has 0 saturated carbocycles. The molecule has 1 aliphatic heterocycles. The van der Waals surface area contributed by atoms with Crippen molar-refractivity contribution in [2.24, 2.45) is 0 Å². The van der Waals surface area contributed by atoms with Gasteiger partial charge in [-0.05, 0) is 30.5 Å². The van der Waals surface area contributed by atoms with Crippen LogP contribution in [0.15, 0.2) is 18.2 Å². The summed E-state index contributed by atoms with van der Waals surface area (Å²) in [6.07, 6.45) is 2.16. The molecule has 18 heavy (non-hydrogen) atoms. The van der Waals surface area contributed by atoms with E-state index >= 15 is 0 Å². The molecule has 98 valence electrons. The standard InChI is InChI=1S/C13H14BrF2NO/c14-10-2-1-5-17(8-10)13(18)7-9-3-4-11(15)12(16)6-9/h3-4,6,10H,1-2,5,7-8H2. The Labute approximate surface area is 113 Å². The van der Waals surface area contributed by atoms with Crippen LogP contribution in [0.2, 0.25) is 0 Å². The van der Waals surface area contributed by atoms with Gasteiger partial charge in [0, 0.05) is 17.9 Å². The summed E-state index contributed by atoms with van der Waals surface area (Å²) >= 11 is 3.50. The van der Waals surface area contributed by atoms with Crippen molar-refractivity contribution in [2.45, 2.75) is 24.1 Å². The molecule has 0 N–H and O–H groups in total. The van der Waals surface area contributed by atoms with Crippen molar-refractivity contribution in [2.75, 3.05) is 13.1 Å². The van der Waals surface area contributed by atoms with Crippen LogP contribution < -0.4 is 0 Å². The van der Waals surface area contributed by atoms with Gasteiger partial charge in [0.1, 0.15) is 0 Å². The Bertz CT molecular complexity index is 453. The van der Waals surface area contributed by atoms with E-state index in [-0.39, 0.29) is 12.3 Å². The van der Waals surface area contributed by atoms with Crippen molar-refractivity contribution in [3.63, 3.8) is 0 Å². The summed E-state index contributed by atoms with van der Waals surface area (Å²) in [5.74, 6) is -1.83. The lowest BCUT2D eigenvalue weighted by atomic mass is 10.1. The van der Waals surface area contributed by atoms with Gasteiger partial charge in [0.25, 0.3) is 0 Å². The molecule has 1 aromatic rings. The lowest BCUT2D eigenvalue weighted by Gasteiger charge is -2.30. The Morgan fingerprint density at radius 2 is 2.17 bits per heavy atom. The first kappa shape index (κ1) is 13.5. The number of alkyl halides is 1. The topological polar surface area (TPSA) is 20.3 Å². The van der Waals surface area contributed by atoms with Gasteiger partial charge in [0.15, 0.2) is 11.6 Å². The van der Waals surface area contributed by atoms with E-state index in [9.17, 15) is 13.6 Å². The van der Waals surface area contributed by atoms with Gasteiger partial charge in [-0.2, -0.15) is 0 Å². The minimum Gasteiger partial charge on any atom is -0.341 e. The average Bonchev–Trinajstić information content (AvgIpc) is 2.34. The molecule has 1 saturated heterocycles. The van der Waals surface area contributed by atoms with Gasteiger partial charge in [-0.3, -0.25) is 4.79 Å². The Balaban J connectivity index is 2.00. The summed E-state index contributed by atoms with van der Waals surface area (Å²) in [6, 6.07) is 3.59. The number of hydrogen-bond acceptors (Lipinski definition) is 1. The summed E-state index contributed by atoms with van der Waals surface area (Å²) in [4.78, 5) is 14.1. The number of amides is 1. The van der Waals surface area contributed by atoms with E-state index in [0.29, 0.717) is 16.9 Å². The lowest BCUT2D eigenvalue weighted by Crippen LogP contribution is -2.41. The lowest BCUT2D eigenvalue weighted by molar-refractivity contribution is -0.131. The van der Waals surface area contributed by atoms with Crippen molar-refractivity contribution >= 4 is 21.8 Å². The molecule has 0 aliphatic carbocycles. The number of carbonyl (C=O) groups excluding carboxylic acids is 1. The molecule has 2 rings (SSSR count). The van der Waals surface area contributed by atoms with Crippen molar-refractivity contribution in [1.82, 2.24) is 4.90 Å². The number of nitrogens with zero attached hydrogens (tertiary/aromatic N) is 1. The summed E-state index contributed by atoms with van der Waals surface area (Å²) in [7, 11) is 0. The summed E-state index contributed by atoms with van der Waals surface area (Å²) in [5, 5.41) is 0. The van der Waals surface area contributed by atoms with Crippen LogP contribution in [0, 0.1) is 11.6 Å². The van der Waals surface area contributed by atoms with Gasteiger partial charge in [-0.1, -0.05) is 22.0 Å². The summed E-state index contributed by atoms with van der Waals surface area (Å²) in [5.41, 5.74) is 0.510. The summed E-state index contributed by atoms with van der Waals surface area (Å²) in [6.45, 7) is 1.42. The second-order valence-electron chi connectivity index (χ2n) is 4.50. The zero-order chi connectivity index (χ0) is 13.1. The predicted octanol–water partition coefficient (Wildman–Crippen LogP) is 2.89. The van der Waals surface area contributed by atoms with Crippen LogP contribution in [0.1, 0.15) is 18.4 Å². The fraction of sp³-hybridized carbons (Fsp3) is 0.462. The molecule has 0 radical (unpaired) electrons. The first-order valence-corrected chi connectivity index (χ1v) is 6.83. The second-order valence-corrected chi connectivity index (χ2v) is 5.80. The monoisotopic (exact) mass is 317 g/mol. The zero-order valence-electron chi connectivity index (χ0n) is 9.83. The Morgan fingerprint density at radius 1 is 1.39 bits per heavy atom. The predicted molar refractivity (Wildman–Crippen MR) is 68.6 cm³/mol. The van der Waals surface area contributed by atoms with Crippen molar-refractivity contribution in [3.05, 3.63) is 35.4 Å². The van der Waals surface area contributed by atoms with Crippen LogP contribution in [-0.4, -0.2) is 28.7 Å². The average molecular weight is 318 g/mol. The maximum Gasteiger partial charge on any atom is 0.227 e. The third-order valence-corrected chi connectivity index (χ3v) is 3.80.